The number of benzene rings is 1. The van der Waals surface area contributed by atoms with E-state index in [0.29, 0.717) is 47.7 Å². The van der Waals surface area contributed by atoms with Crippen LogP contribution >= 0.6 is 0 Å². The molecule has 0 N–H and O–H groups in total. The third kappa shape index (κ3) is 5.15. The van der Waals surface area contributed by atoms with Gasteiger partial charge in [0.15, 0.2) is 15.6 Å². The second-order valence-electron chi connectivity index (χ2n) is 10.2. The van der Waals surface area contributed by atoms with Gasteiger partial charge in [-0.2, -0.15) is 5.10 Å². The number of pyridine rings is 1. The molecule has 4 heterocycles. The highest BCUT2D eigenvalue weighted by Gasteiger charge is 2.40. The van der Waals surface area contributed by atoms with Crippen LogP contribution in [0.5, 0.6) is 5.75 Å². The molecule has 0 saturated carbocycles. The van der Waals surface area contributed by atoms with Crippen LogP contribution in [0.1, 0.15) is 55.9 Å². The molecule has 2 fully saturated rings. The summed E-state index contributed by atoms with van der Waals surface area (Å²) in [5.74, 6) is 0.401. The van der Waals surface area contributed by atoms with Crippen molar-refractivity contribution in [2.75, 3.05) is 24.7 Å². The van der Waals surface area contributed by atoms with E-state index < -0.39 is 21.6 Å². The highest BCUT2D eigenvalue weighted by molar-refractivity contribution is 7.91. The predicted molar refractivity (Wildman–Crippen MR) is 134 cm³/mol. The number of Topliss-reactive ketones (excluding diaryl/α,β-unsaturated/α-hetero) is 1. The Morgan fingerprint density at radius 3 is 2.89 bits per heavy atom. The van der Waals surface area contributed by atoms with E-state index in [2.05, 4.69) is 4.98 Å². The fourth-order valence-corrected chi connectivity index (χ4v) is 7.43. The van der Waals surface area contributed by atoms with Gasteiger partial charge in [-0.1, -0.05) is 19.1 Å². The summed E-state index contributed by atoms with van der Waals surface area (Å²) in [4.78, 5) is 17.9. The van der Waals surface area contributed by atoms with Gasteiger partial charge in [0.25, 0.3) is 0 Å². The largest absolute Gasteiger partial charge is 0.461 e. The van der Waals surface area contributed by atoms with Crippen LogP contribution in [-0.2, 0) is 14.6 Å². The lowest BCUT2D eigenvalue weighted by molar-refractivity contribution is 0.0566. The SMILES string of the molecule is CC(F)Oc1cccc(-c2nn(C3CCCOC3)c3cc(C(=O)CC4(C)CCS(=O)(=O)C4)cnc23)c1. The van der Waals surface area contributed by atoms with E-state index in [0.717, 1.165) is 18.4 Å². The Kier molecular flexibility index (Phi) is 6.59. The molecule has 8 nitrogen and oxygen atoms in total. The molecule has 0 amide bonds. The molecule has 36 heavy (non-hydrogen) atoms. The van der Waals surface area contributed by atoms with Crippen molar-refractivity contribution in [3.05, 3.63) is 42.1 Å². The average Bonchev–Trinajstić information content (AvgIpc) is 3.35. The van der Waals surface area contributed by atoms with Crippen molar-refractivity contribution in [2.24, 2.45) is 5.41 Å². The summed E-state index contributed by atoms with van der Waals surface area (Å²) < 4.78 is 50.2. The molecule has 0 radical (unpaired) electrons. The van der Waals surface area contributed by atoms with E-state index in [-0.39, 0.29) is 29.8 Å². The summed E-state index contributed by atoms with van der Waals surface area (Å²) in [5, 5.41) is 4.87. The standard InChI is InChI=1S/C26H30FN3O5S/c1-17(27)35-21-7-3-5-18(11-21)24-25-22(30(29-24)20-6-4-9-34-15-20)12-19(14-28-25)23(31)13-26(2)8-10-36(32,33)16-26/h3,5,7,11-12,14,17,20H,4,6,8-10,13,15-16H2,1-2H3. The van der Waals surface area contributed by atoms with Crippen LogP contribution in [0, 0.1) is 5.41 Å². The number of hydrogen-bond acceptors (Lipinski definition) is 7. The van der Waals surface area contributed by atoms with Gasteiger partial charge >= 0.3 is 0 Å². The summed E-state index contributed by atoms with van der Waals surface area (Å²) in [5.41, 5.74) is 2.53. The molecule has 10 heteroatoms. The second kappa shape index (κ2) is 9.55. The Hall–Kier alpha value is -2.85. The van der Waals surface area contributed by atoms with Crippen molar-refractivity contribution in [1.29, 1.82) is 0 Å². The Bertz CT molecular complexity index is 1400. The van der Waals surface area contributed by atoms with Gasteiger partial charge in [0.1, 0.15) is 17.0 Å². The Morgan fingerprint density at radius 2 is 2.19 bits per heavy atom. The summed E-state index contributed by atoms with van der Waals surface area (Å²) in [6.07, 6.45) is 2.50. The van der Waals surface area contributed by atoms with Crippen LogP contribution in [0.2, 0.25) is 0 Å². The fourth-order valence-electron chi connectivity index (χ4n) is 5.17. The van der Waals surface area contributed by atoms with Gasteiger partial charge in [0.05, 0.1) is 29.7 Å². The lowest BCUT2D eigenvalue weighted by Crippen LogP contribution is -2.23. The van der Waals surface area contributed by atoms with Crippen LogP contribution in [0.25, 0.3) is 22.3 Å². The molecule has 2 aliphatic rings. The number of halogens is 1. The van der Waals surface area contributed by atoms with Crippen molar-refractivity contribution in [1.82, 2.24) is 14.8 Å². The number of ketones is 1. The van der Waals surface area contributed by atoms with Gasteiger partial charge in [0, 0.05) is 37.3 Å². The number of hydrogen-bond donors (Lipinski definition) is 0. The summed E-state index contributed by atoms with van der Waals surface area (Å²) in [6, 6.07) is 8.83. The van der Waals surface area contributed by atoms with Crippen LogP contribution in [-0.4, -0.2) is 60.0 Å². The van der Waals surface area contributed by atoms with Crippen LogP contribution in [0.15, 0.2) is 36.5 Å². The van der Waals surface area contributed by atoms with Crippen LogP contribution in [0.3, 0.4) is 0 Å². The molecule has 3 atom stereocenters. The molecule has 3 unspecified atom stereocenters. The highest BCUT2D eigenvalue weighted by atomic mass is 32.2. The molecule has 2 saturated heterocycles. The lowest BCUT2D eigenvalue weighted by atomic mass is 9.83. The summed E-state index contributed by atoms with van der Waals surface area (Å²) >= 11 is 0. The van der Waals surface area contributed by atoms with Crippen molar-refractivity contribution in [2.45, 2.75) is 51.9 Å². The number of alkyl halides is 1. The Morgan fingerprint density at radius 1 is 1.36 bits per heavy atom. The van der Waals surface area contributed by atoms with Crippen molar-refractivity contribution < 1.29 is 27.1 Å². The smallest absolute Gasteiger partial charge is 0.235 e. The maximum atomic E-state index is 13.4. The monoisotopic (exact) mass is 515 g/mol. The highest BCUT2D eigenvalue weighted by Crippen LogP contribution is 2.37. The lowest BCUT2D eigenvalue weighted by Gasteiger charge is -2.23. The van der Waals surface area contributed by atoms with Crippen molar-refractivity contribution >= 4 is 26.7 Å². The minimum atomic E-state index is -3.11. The van der Waals surface area contributed by atoms with Gasteiger partial charge in [-0.05, 0) is 42.9 Å². The number of aromatic nitrogens is 3. The molecular formula is C26H30FN3O5S. The Labute approximate surface area is 209 Å². The number of nitrogens with zero attached hydrogens (tertiary/aromatic N) is 3. The van der Waals surface area contributed by atoms with Gasteiger partial charge in [-0.15, -0.1) is 0 Å². The molecule has 1 aromatic carbocycles. The number of rotatable bonds is 7. The first kappa shape index (κ1) is 24.8. The first-order valence-corrected chi connectivity index (χ1v) is 14.1. The molecule has 0 bridgehead atoms. The van der Waals surface area contributed by atoms with E-state index >= 15 is 0 Å². The van der Waals surface area contributed by atoms with Crippen molar-refractivity contribution in [3.63, 3.8) is 0 Å². The topological polar surface area (TPSA) is 100 Å². The van der Waals surface area contributed by atoms with Gasteiger partial charge < -0.3 is 9.47 Å². The van der Waals surface area contributed by atoms with Crippen LogP contribution in [0.4, 0.5) is 4.39 Å². The maximum absolute atomic E-state index is 13.4. The van der Waals surface area contributed by atoms with E-state index in [9.17, 15) is 17.6 Å². The number of sulfone groups is 1. The minimum Gasteiger partial charge on any atom is -0.461 e. The zero-order valence-electron chi connectivity index (χ0n) is 20.4. The molecule has 3 aromatic rings. The number of ether oxygens (including phenoxy) is 2. The first-order valence-electron chi connectivity index (χ1n) is 12.2. The molecule has 2 aliphatic heterocycles. The third-order valence-corrected chi connectivity index (χ3v) is 8.89. The number of carbonyl (C=O) groups excluding carboxylic acids is 1. The Balaban J connectivity index is 1.54. The summed E-state index contributed by atoms with van der Waals surface area (Å²) in [7, 11) is -3.11. The number of carbonyl (C=O) groups is 1. The third-order valence-electron chi connectivity index (χ3n) is 6.93. The molecule has 0 spiro atoms. The fraction of sp³-hybridized carbons (Fsp3) is 0.500. The molecule has 0 aliphatic carbocycles. The molecule has 5 rings (SSSR count). The first-order chi connectivity index (χ1) is 17.1. The van der Waals surface area contributed by atoms with E-state index in [1.807, 2.05) is 17.7 Å². The zero-order valence-corrected chi connectivity index (χ0v) is 21.3. The average molecular weight is 516 g/mol. The van der Waals surface area contributed by atoms with Crippen molar-refractivity contribution in [3.8, 4) is 17.0 Å². The van der Waals surface area contributed by atoms with Gasteiger partial charge in [-0.3, -0.25) is 14.5 Å². The zero-order chi connectivity index (χ0) is 25.5. The quantitative estimate of drug-likeness (QED) is 0.426. The van der Waals surface area contributed by atoms with E-state index in [1.54, 1.807) is 24.3 Å². The second-order valence-corrected chi connectivity index (χ2v) is 12.4. The van der Waals surface area contributed by atoms with Crippen LogP contribution < -0.4 is 4.74 Å². The predicted octanol–water partition coefficient (Wildman–Crippen LogP) is 4.54. The van der Waals surface area contributed by atoms with E-state index in [1.165, 1.54) is 13.1 Å². The normalized spacial score (nSPS) is 24.6. The molecule has 192 valence electrons. The minimum absolute atomic E-state index is 0.00931. The molecule has 2 aromatic heterocycles. The number of fused-ring (bicyclic) bond motifs is 1. The van der Waals surface area contributed by atoms with E-state index in [4.69, 9.17) is 14.6 Å². The summed E-state index contributed by atoms with van der Waals surface area (Å²) in [6.45, 7) is 4.39. The van der Waals surface area contributed by atoms with Gasteiger partial charge in [0.2, 0.25) is 6.36 Å². The maximum Gasteiger partial charge on any atom is 0.235 e. The van der Waals surface area contributed by atoms with Gasteiger partial charge in [-0.25, -0.2) is 12.8 Å². The molecular weight excluding hydrogens is 485 g/mol.